The smallest absolute Gasteiger partial charge is 0.00489 e. The largest absolute Gasteiger partial charge is 0.330 e. The normalized spacial score (nSPS) is 9.65. The maximum Gasteiger partial charge on any atom is -0.00489 e. The number of nitrogens with two attached hydrogens (primary N) is 1. The Bertz CT molecular complexity index is 157. The van der Waals surface area contributed by atoms with E-state index in [1.165, 1.54) is 96.7 Å². The summed E-state index contributed by atoms with van der Waals surface area (Å²) in [5.41, 5.74) is 5.48. The molecule has 0 aliphatic carbocycles. The number of rotatable bonds is 17. The van der Waals surface area contributed by atoms with Crippen molar-refractivity contribution in [2.24, 2.45) is 5.73 Å². The summed E-state index contributed by atoms with van der Waals surface area (Å²) in [6, 6.07) is 0. The molecule has 4 N–H and O–H groups in total. The lowest BCUT2D eigenvalue weighted by atomic mass is 10.1. The van der Waals surface area contributed by atoms with Gasteiger partial charge in [-0.05, 0) is 58.9 Å². The van der Waals surface area contributed by atoms with Gasteiger partial charge in [-0.3, -0.25) is 0 Å². The zero-order valence-electron chi connectivity index (χ0n) is 15.1. The first-order chi connectivity index (χ1) is 9.91. The molecule has 23 heavy (non-hydrogen) atoms. The van der Waals surface area contributed by atoms with Crippen LogP contribution in [0.5, 0.6) is 0 Å². The van der Waals surface area contributed by atoms with Crippen LogP contribution in [0, 0.1) is 0 Å². The van der Waals surface area contributed by atoms with E-state index in [9.17, 15) is 0 Å². The predicted octanol–water partition coefficient (Wildman–Crippen LogP) is 5.17. The van der Waals surface area contributed by atoms with Crippen LogP contribution in [0.15, 0.2) is 0 Å². The van der Waals surface area contributed by atoms with Crippen molar-refractivity contribution < 1.29 is 0 Å². The molecule has 0 aliphatic rings. The van der Waals surface area contributed by atoms with Gasteiger partial charge >= 0.3 is 0 Å². The summed E-state index contributed by atoms with van der Waals surface area (Å²) in [6.07, 6.45) is 16.3. The SMILES string of the molecule is Br.Br.Br.CNCCCCCCCCNCCCCCCCCN. The number of halogens is 3. The molecule has 0 saturated carbocycles. The Balaban J connectivity index is -0.000000602. The maximum atomic E-state index is 5.48. The van der Waals surface area contributed by atoms with Gasteiger partial charge in [-0.25, -0.2) is 0 Å². The van der Waals surface area contributed by atoms with Crippen LogP contribution in [-0.2, 0) is 0 Å². The molecule has 0 saturated heterocycles. The molecule has 0 rings (SSSR count). The van der Waals surface area contributed by atoms with E-state index in [-0.39, 0.29) is 50.9 Å². The summed E-state index contributed by atoms with van der Waals surface area (Å²) < 4.78 is 0. The van der Waals surface area contributed by atoms with Crippen molar-refractivity contribution in [3.8, 4) is 0 Å². The van der Waals surface area contributed by atoms with Crippen molar-refractivity contribution in [3.63, 3.8) is 0 Å². The van der Waals surface area contributed by atoms with Crippen molar-refractivity contribution in [2.45, 2.75) is 77.0 Å². The van der Waals surface area contributed by atoms with E-state index in [0.717, 1.165) is 6.54 Å². The number of unbranched alkanes of at least 4 members (excludes halogenated alkanes) is 10. The lowest BCUT2D eigenvalue weighted by Crippen LogP contribution is -2.16. The molecule has 0 spiro atoms. The molecule has 0 radical (unpaired) electrons. The molecule has 6 heteroatoms. The van der Waals surface area contributed by atoms with Gasteiger partial charge in [-0.15, -0.1) is 50.9 Å². The fourth-order valence-corrected chi connectivity index (χ4v) is 2.49. The Morgan fingerprint density at radius 2 is 0.870 bits per heavy atom. The van der Waals surface area contributed by atoms with Crippen molar-refractivity contribution >= 4 is 50.9 Å². The zero-order valence-corrected chi connectivity index (χ0v) is 20.3. The second-order valence-corrected chi connectivity index (χ2v) is 5.88. The van der Waals surface area contributed by atoms with Crippen LogP contribution in [0.1, 0.15) is 77.0 Å². The van der Waals surface area contributed by atoms with Gasteiger partial charge in [0.25, 0.3) is 0 Å². The predicted molar refractivity (Wildman–Crippen MR) is 122 cm³/mol. The standard InChI is InChI=1S/C17H39N3.3BrH/c1-19-15-11-7-4-5-9-13-17-20-16-12-8-3-2-6-10-14-18;;;/h19-20H,2-18H2,1H3;3*1H. The van der Waals surface area contributed by atoms with Gasteiger partial charge in [-0.1, -0.05) is 51.4 Å². The third kappa shape index (κ3) is 31.6. The van der Waals surface area contributed by atoms with Crippen molar-refractivity contribution in [2.75, 3.05) is 33.2 Å². The minimum Gasteiger partial charge on any atom is -0.330 e. The molecular weight excluding hydrogens is 486 g/mol. The molecule has 0 aromatic heterocycles. The summed E-state index contributed by atoms with van der Waals surface area (Å²) in [5, 5.41) is 6.77. The Hall–Kier alpha value is 1.32. The van der Waals surface area contributed by atoms with Gasteiger partial charge in [0.05, 0.1) is 0 Å². The molecule has 146 valence electrons. The van der Waals surface area contributed by atoms with Crippen LogP contribution >= 0.6 is 50.9 Å². The zero-order chi connectivity index (χ0) is 14.7. The van der Waals surface area contributed by atoms with Crippen LogP contribution in [0.4, 0.5) is 0 Å². The topological polar surface area (TPSA) is 50.1 Å². The van der Waals surface area contributed by atoms with Gasteiger partial charge in [0.15, 0.2) is 0 Å². The van der Waals surface area contributed by atoms with Gasteiger partial charge in [0.2, 0.25) is 0 Å². The molecule has 3 nitrogen and oxygen atoms in total. The molecule has 0 unspecified atom stereocenters. The van der Waals surface area contributed by atoms with E-state index in [0.29, 0.717) is 0 Å². The van der Waals surface area contributed by atoms with Gasteiger partial charge in [0.1, 0.15) is 0 Å². The Labute approximate surface area is 177 Å². The monoisotopic (exact) mass is 525 g/mol. The fraction of sp³-hybridized carbons (Fsp3) is 1.00. The lowest BCUT2D eigenvalue weighted by molar-refractivity contribution is 0.537. The first-order valence-electron chi connectivity index (χ1n) is 8.97. The van der Waals surface area contributed by atoms with Crippen LogP contribution in [0.3, 0.4) is 0 Å². The number of hydrogen-bond acceptors (Lipinski definition) is 3. The van der Waals surface area contributed by atoms with Crippen LogP contribution in [-0.4, -0.2) is 33.2 Å². The molecule has 0 heterocycles. The second-order valence-electron chi connectivity index (χ2n) is 5.88. The molecule has 0 aliphatic heterocycles. The first-order valence-corrected chi connectivity index (χ1v) is 8.97. The third-order valence-electron chi connectivity index (χ3n) is 3.84. The summed E-state index contributed by atoms with van der Waals surface area (Å²) in [6.45, 7) is 4.45. The number of nitrogens with one attached hydrogen (secondary N) is 2. The highest BCUT2D eigenvalue weighted by molar-refractivity contribution is 8.93. The molecule has 0 fully saturated rings. The molecule has 0 bridgehead atoms. The quantitative estimate of drug-likeness (QED) is 0.229. The lowest BCUT2D eigenvalue weighted by Gasteiger charge is -2.05. The van der Waals surface area contributed by atoms with Gasteiger partial charge < -0.3 is 16.4 Å². The second kappa shape index (κ2) is 31.1. The minimum atomic E-state index is 0. The maximum absolute atomic E-state index is 5.48. The van der Waals surface area contributed by atoms with Crippen LogP contribution in [0.2, 0.25) is 0 Å². The summed E-state index contributed by atoms with van der Waals surface area (Å²) in [5.74, 6) is 0. The average molecular weight is 528 g/mol. The average Bonchev–Trinajstić information content (AvgIpc) is 2.47. The minimum absolute atomic E-state index is 0. The number of hydrogen-bond donors (Lipinski definition) is 3. The highest BCUT2D eigenvalue weighted by Gasteiger charge is 1.93. The van der Waals surface area contributed by atoms with Crippen LogP contribution in [0.25, 0.3) is 0 Å². The fourth-order valence-electron chi connectivity index (χ4n) is 2.49. The Morgan fingerprint density at radius 1 is 0.522 bits per heavy atom. The molecular formula is C17H42Br3N3. The Kier molecular flexibility index (Phi) is 43.3. The van der Waals surface area contributed by atoms with Gasteiger partial charge in [0, 0.05) is 0 Å². The van der Waals surface area contributed by atoms with E-state index in [1.807, 2.05) is 7.05 Å². The Morgan fingerprint density at radius 3 is 1.26 bits per heavy atom. The van der Waals surface area contributed by atoms with Crippen LogP contribution < -0.4 is 16.4 Å². The summed E-state index contributed by atoms with van der Waals surface area (Å²) >= 11 is 0. The van der Waals surface area contributed by atoms with Gasteiger partial charge in [-0.2, -0.15) is 0 Å². The van der Waals surface area contributed by atoms with E-state index in [4.69, 9.17) is 5.73 Å². The molecule has 0 aromatic carbocycles. The highest BCUT2D eigenvalue weighted by Crippen LogP contribution is 2.05. The summed E-state index contributed by atoms with van der Waals surface area (Å²) in [7, 11) is 2.03. The molecule has 0 aromatic rings. The highest BCUT2D eigenvalue weighted by atomic mass is 79.9. The van der Waals surface area contributed by atoms with E-state index < -0.39 is 0 Å². The van der Waals surface area contributed by atoms with E-state index >= 15 is 0 Å². The van der Waals surface area contributed by atoms with E-state index in [1.54, 1.807) is 0 Å². The van der Waals surface area contributed by atoms with Crippen molar-refractivity contribution in [3.05, 3.63) is 0 Å². The van der Waals surface area contributed by atoms with Crippen molar-refractivity contribution in [1.82, 2.24) is 10.6 Å². The first kappa shape index (κ1) is 32.0. The summed E-state index contributed by atoms with van der Waals surface area (Å²) in [4.78, 5) is 0. The molecule has 0 amide bonds. The van der Waals surface area contributed by atoms with Crippen molar-refractivity contribution in [1.29, 1.82) is 0 Å². The third-order valence-corrected chi connectivity index (χ3v) is 3.84. The van der Waals surface area contributed by atoms with E-state index in [2.05, 4.69) is 10.6 Å². The molecule has 0 atom stereocenters.